The minimum Gasteiger partial charge on any atom is -0.488 e. The van der Waals surface area contributed by atoms with E-state index in [1.807, 2.05) is 48.5 Å². The third kappa shape index (κ3) is 6.14. The Kier molecular flexibility index (Phi) is 7.45. The Morgan fingerprint density at radius 1 is 1.25 bits per heavy atom. The number of nitrogens with one attached hydrogen (secondary N) is 2. The van der Waals surface area contributed by atoms with Crippen molar-refractivity contribution in [3.8, 4) is 5.75 Å². The minimum atomic E-state index is 0.438. The SMILES string of the molecule is C=CCNC(=S)NN=Cc1cc(Br)ccc1OCc1ccccc1. The molecule has 2 rings (SSSR count). The summed E-state index contributed by atoms with van der Waals surface area (Å²) in [5.74, 6) is 0.748. The fourth-order valence-electron chi connectivity index (χ4n) is 1.85. The molecule has 124 valence electrons. The number of nitrogens with zero attached hydrogens (tertiary/aromatic N) is 1. The summed E-state index contributed by atoms with van der Waals surface area (Å²) in [6, 6.07) is 15.8. The highest BCUT2D eigenvalue weighted by Crippen LogP contribution is 2.22. The van der Waals surface area contributed by atoms with E-state index in [1.54, 1.807) is 12.3 Å². The lowest BCUT2D eigenvalue weighted by molar-refractivity contribution is 0.306. The molecule has 0 heterocycles. The first-order valence-corrected chi connectivity index (χ1v) is 8.53. The third-order valence-corrected chi connectivity index (χ3v) is 3.71. The predicted octanol–water partition coefficient (Wildman–Crippen LogP) is 4.01. The van der Waals surface area contributed by atoms with Gasteiger partial charge in [-0.05, 0) is 36.0 Å². The van der Waals surface area contributed by atoms with Crippen LogP contribution in [0.2, 0.25) is 0 Å². The average molecular weight is 404 g/mol. The molecule has 0 spiro atoms. The summed E-state index contributed by atoms with van der Waals surface area (Å²) >= 11 is 8.54. The van der Waals surface area contributed by atoms with Crippen LogP contribution in [-0.2, 0) is 6.61 Å². The number of hydrogen-bond acceptors (Lipinski definition) is 3. The van der Waals surface area contributed by atoms with Crippen LogP contribution in [0.3, 0.4) is 0 Å². The summed E-state index contributed by atoms with van der Waals surface area (Å²) in [6.07, 6.45) is 3.40. The van der Waals surface area contributed by atoms with Crippen molar-refractivity contribution in [1.82, 2.24) is 10.7 Å². The number of hydrazone groups is 1. The molecule has 24 heavy (non-hydrogen) atoms. The van der Waals surface area contributed by atoms with Gasteiger partial charge in [0.15, 0.2) is 5.11 Å². The van der Waals surface area contributed by atoms with E-state index < -0.39 is 0 Å². The predicted molar refractivity (Wildman–Crippen MR) is 106 cm³/mol. The van der Waals surface area contributed by atoms with Gasteiger partial charge in [0.2, 0.25) is 0 Å². The number of rotatable bonds is 7. The Bertz CT molecular complexity index is 719. The maximum Gasteiger partial charge on any atom is 0.187 e. The van der Waals surface area contributed by atoms with Crippen LogP contribution < -0.4 is 15.5 Å². The molecule has 0 bridgehead atoms. The molecule has 0 unspecified atom stereocenters. The largest absolute Gasteiger partial charge is 0.488 e. The molecular weight excluding hydrogens is 386 g/mol. The van der Waals surface area contributed by atoms with Crippen LogP contribution in [0, 0.1) is 0 Å². The zero-order chi connectivity index (χ0) is 17.2. The van der Waals surface area contributed by atoms with Crippen molar-refractivity contribution in [2.24, 2.45) is 5.10 Å². The van der Waals surface area contributed by atoms with Crippen molar-refractivity contribution in [3.63, 3.8) is 0 Å². The van der Waals surface area contributed by atoms with E-state index in [4.69, 9.17) is 17.0 Å². The fraction of sp³-hybridized carbons (Fsp3) is 0.111. The van der Waals surface area contributed by atoms with Gasteiger partial charge in [0.25, 0.3) is 0 Å². The fourth-order valence-corrected chi connectivity index (χ4v) is 2.37. The topological polar surface area (TPSA) is 45.7 Å². The standard InChI is InChI=1S/C18H18BrN3OS/c1-2-10-20-18(24)22-21-12-15-11-16(19)8-9-17(15)23-13-14-6-4-3-5-7-14/h2-9,11-12H,1,10,13H2,(H2,20,22,24). The van der Waals surface area contributed by atoms with E-state index in [0.29, 0.717) is 18.3 Å². The van der Waals surface area contributed by atoms with Crippen molar-refractivity contribution in [2.75, 3.05) is 6.54 Å². The molecule has 0 atom stereocenters. The second-order valence-corrected chi connectivity index (χ2v) is 6.15. The lowest BCUT2D eigenvalue weighted by Crippen LogP contribution is -2.31. The number of ether oxygens (including phenoxy) is 1. The number of halogens is 1. The van der Waals surface area contributed by atoms with Gasteiger partial charge in [-0.15, -0.1) is 6.58 Å². The van der Waals surface area contributed by atoms with Crippen molar-refractivity contribution in [1.29, 1.82) is 0 Å². The normalized spacial score (nSPS) is 10.4. The van der Waals surface area contributed by atoms with Crippen molar-refractivity contribution < 1.29 is 4.74 Å². The first-order valence-electron chi connectivity index (χ1n) is 7.33. The summed E-state index contributed by atoms with van der Waals surface area (Å²) in [5, 5.41) is 7.51. The molecule has 0 amide bonds. The van der Waals surface area contributed by atoms with Crippen molar-refractivity contribution in [2.45, 2.75) is 6.61 Å². The van der Waals surface area contributed by atoms with Crippen LogP contribution in [0.25, 0.3) is 0 Å². The lowest BCUT2D eigenvalue weighted by Gasteiger charge is -2.10. The zero-order valence-corrected chi connectivity index (χ0v) is 15.4. The highest BCUT2D eigenvalue weighted by Gasteiger charge is 2.03. The van der Waals surface area contributed by atoms with Gasteiger partial charge in [0.1, 0.15) is 12.4 Å². The van der Waals surface area contributed by atoms with Gasteiger partial charge in [-0.25, -0.2) is 0 Å². The summed E-state index contributed by atoms with van der Waals surface area (Å²) in [4.78, 5) is 0. The summed E-state index contributed by atoms with van der Waals surface area (Å²) in [6.45, 7) is 4.70. The molecule has 6 heteroatoms. The smallest absolute Gasteiger partial charge is 0.187 e. The molecule has 0 aliphatic carbocycles. The molecule has 0 radical (unpaired) electrons. The van der Waals surface area contributed by atoms with E-state index in [2.05, 4.69) is 38.4 Å². The summed E-state index contributed by atoms with van der Waals surface area (Å²) in [7, 11) is 0. The van der Waals surface area contributed by atoms with Gasteiger partial charge in [0.05, 0.1) is 6.21 Å². The van der Waals surface area contributed by atoms with E-state index in [1.165, 1.54) is 0 Å². The molecule has 0 aromatic heterocycles. The van der Waals surface area contributed by atoms with E-state index in [-0.39, 0.29) is 0 Å². The highest BCUT2D eigenvalue weighted by molar-refractivity contribution is 9.10. The maximum absolute atomic E-state index is 5.90. The molecule has 0 saturated carbocycles. The summed E-state index contributed by atoms with van der Waals surface area (Å²) < 4.78 is 6.85. The highest BCUT2D eigenvalue weighted by atomic mass is 79.9. The van der Waals surface area contributed by atoms with Crippen LogP contribution in [0.4, 0.5) is 0 Å². The molecule has 0 aliphatic heterocycles. The Morgan fingerprint density at radius 2 is 2.04 bits per heavy atom. The zero-order valence-electron chi connectivity index (χ0n) is 13.0. The van der Waals surface area contributed by atoms with E-state index >= 15 is 0 Å². The molecule has 0 fully saturated rings. The quantitative estimate of drug-likeness (QED) is 0.317. The van der Waals surface area contributed by atoms with Crippen LogP contribution in [0.5, 0.6) is 5.75 Å². The van der Waals surface area contributed by atoms with Gasteiger partial charge < -0.3 is 10.1 Å². The molecule has 2 aromatic carbocycles. The molecule has 4 nitrogen and oxygen atoms in total. The summed E-state index contributed by atoms with van der Waals surface area (Å²) in [5.41, 5.74) is 4.71. The van der Waals surface area contributed by atoms with Crippen molar-refractivity contribution in [3.05, 3.63) is 76.8 Å². The van der Waals surface area contributed by atoms with Crippen LogP contribution >= 0.6 is 28.1 Å². The van der Waals surface area contributed by atoms with E-state index in [9.17, 15) is 0 Å². The maximum atomic E-state index is 5.90. The van der Waals surface area contributed by atoms with Crippen LogP contribution in [0.15, 0.2) is 70.8 Å². The van der Waals surface area contributed by atoms with Gasteiger partial charge in [0, 0.05) is 16.6 Å². The van der Waals surface area contributed by atoms with Gasteiger partial charge in [-0.2, -0.15) is 5.10 Å². The molecule has 0 saturated heterocycles. The number of benzene rings is 2. The minimum absolute atomic E-state index is 0.438. The number of thiocarbonyl (C=S) groups is 1. The van der Waals surface area contributed by atoms with E-state index in [0.717, 1.165) is 21.3 Å². The molecule has 2 aromatic rings. The second kappa shape index (κ2) is 9.85. The lowest BCUT2D eigenvalue weighted by atomic mass is 10.2. The average Bonchev–Trinajstić information content (AvgIpc) is 2.60. The molecule has 2 N–H and O–H groups in total. The van der Waals surface area contributed by atoms with Gasteiger partial charge in [-0.1, -0.05) is 52.3 Å². The number of hydrogen-bond donors (Lipinski definition) is 2. The Hall–Kier alpha value is -2.18. The first-order chi connectivity index (χ1) is 11.7. The Balaban J connectivity index is 2.01. The van der Waals surface area contributed by atoms with Crippen LogP contribution in [-0.4, -0.2) is 17.9 Å². The van der Waals surface area contributed by atoms with Gasteiger partial charge in [-0.3, -0.25) is 5.43 Å². The molecule has 0 aliphatic rings. The van der Waals surface area contributed by atoms with Crippen molar-refractivity contribution >= 4 is 39.5 Å². The second-order valence-electron chi connectivity index (χ2n) is 4.83. The van der Waals surface area contributed by atoms with Crippen LogP contribution in [0.1, 0.15) is 11.1 Å². The van der Waals surface area contributed by atoms with Gasteiger partial charge >= 0.3 is 0 Å². The Morgan fingerprint density at radius 3 is 2.79 bits per heavy atom. The monoisotopic (exact) mass is 403 g/mol. The first kappa shape index (κ1) is 18.2. The Labute approximate surface area is 155 Å². The molecular formula is C18H18BrN3OS. The third-order valence-electron chi connectivity index (χ3n) is 2.99.